The van der Waals surface area contributed by atoms with Crippen molar-refractivity contribution >= 4 is 0 Å². The summed E-state index contributed by atoms with van der Waals surface area (Å²) < 4.78 is 22.6. The SMILES string of the molecule is OC[C@H]1O[C@@H](O[C@@]23CC[C@@]4(O)CC2O[C@@H](C3)O4)[C@H](O)[C@@H](O)[C@@H]1O. The zero-order chi connectivity index (χ0) is 16.4. The molecule has 0 aromatic carbocycles. The van der Waals surface area contributed by atoms with Crippen LogP contribution in [0.1, 0.15) is 25.7 Å². The summed E-state index contributed by atoms with van der Waals surface area (Å²) >= 11 is 0. The molecule has 3 aliphatic heterocycles. The highest BCUT2D eigenvalue weighted by atomic mass is 16.8. The molecular formula is C14H22O9. The molecule has 0 amide bonds. The second-order valence-electron chi connectivity index (χ2n) is 6.91. The van der Waals surface area contributed by atoms with E-state index in [1.807, 2.05) is 0 Å². The van der Waals surface area contributed by atoms with Gasteiger partial charge in [-0.3, -0.25) is 0 Å². The number of hydrogen-bond donors (Lipinski definition) is 5. The summed E-state index contributed by atoms with van der Waals surface area (Å²) in [6.07, 6.45) is -6.08. The first-order chi connectivity index (χ1) is 10.9. The van der Waals surface area contributed by atoms with E-state index < -0.39 is 61.1 Å². The molecule has 9 atom stereocenters. The van der Waals surface area contributed by atoms with Gasteiger partial charge in [0.15, 0.2) is 18.4 Å². The Hall–Kier alpha value is -0.360. The minimum Gasteiger partial charge on any atom is -0.394 e. The molecule has 4 rings (SSSR count). The van der Waals surface area contributed by atoms with Crippen molar-refractivity contribution in [2.75, 3.05) is 6.61 Å². The third-order valence-electron chi connectivity index (χ3n) is 5.41. The topological polar surface area (TPSA) is 138 Å². The zero-order valence-corrected chi connectivity index (χ0v) is 12.4. The van der Waals surface area contributed by atoms with E-state index in [1.54, 1.807) is 0 Å². The van der Waals surface area contributed by atoms with Crippen LogP contribution in [0.4, 0.5) is 0 Å². The highest BCUT2D eigenvalue weighted by Gasteiger charge is 2.63. The predicted molar refractivity (Wildman–Crippen MR) is 70.7 cm³/mol. The highest BCUT2D eigenvalue weighted by Crippen LogP contribution is 2.53. The van der Waals surface area contributed by atoms with Crippen LogP contribution in [0.3, 0.4) is 0 Å². The lowest BCUT2D eigenvalue weighted by atomic mass is 9.79. The maximum absolute atomic E-state index is 10.3. The zero-order valence-electron chi connectivity index (χ0n) is 12.4. The Morgan fingerprint density at radius 3 is 2.52 bits per heavy atom. The van der Waals surface area contributed by atoms with Crippen LogP contribution >= 0.6 is 0 Å². The van der Waals surface area contributed by atoms with Gasteiger partial charge in [0.25, 0.3) is 0 Å². The Morgan fingerprint density at radius 2 is 1.78 bits per heavy atom. The van der Waals surface area contributed by atoms with E-state index in [2.05, 4.69) is 0 Å². The van der Waals surface area contributed by atoms with Crippen LogP contribution in [0.2, 0.25) is 0 Å². The lowest BCUT2D eigenvalue weighted by molar-refractivity contribution is -0.366. The van der Waals surface area contributed by atoms with E-state index >= 15 is 0 Å². The van der Waals surface area contributed by atoms with Gasteiger partial charge < -0.3 is 44.5 Å². The van der Waals surface area contributed by atoms with Gasteiger partial charge in [0.05, 0.1) is 12.7 Å². The highest BCUT2D eigenvalue weighted by molar-refractivity contribution is 5.07. The van der Waals surface area contributed by atoms with Gasteiger partial charge in [-0.15, -0.1) is 0 Å². The van der Waals surface area contributed by atoms with Crippen molar-refractivity contribution in [2.45, 2.75) is 80.2 Å². The Morgan fingerprint density at radius 1 is 1.00 bits per heavy atom. The second-order valence-corrected chi connectivity index (χ2v) is 6.91. The first kappa shape index (κ1) is 16.1. The van der Waals surface area contributed by atoms with E-state index in [1.165, 1.54) is 0 Å². The molecule has 9 heteroatoms. The van der Waals surface area contributed by atoms with Gasteiger partial charge in [0.2, 0.25) is 0 Å². The van der Waals surface area contributed by atoms with Crippen molar-refractivity contribution in [3.05, 3.63) is 0 Å². The van der Waals surface area contributed by atoms with Crippen LogP contribution in [-0.2, 0) is 18.9 Å². The number of aliphatic hydroxyl groups is 5. The summed E-state index contributed by atoms with van der Waals surface area (Å²) in [5.41, 5.74) is -0.791. The smallest absolute Gasteiger partial charge is 0.187 e. The van der Waals surface area contributed by atoms with E-state index in [0.717, 1.165) is 0 Å². The molecule has 3 heterocycles. The maximum Gasteiger partial charge on any atom is 0.187 e. The molecule has 3 saturated heterocycles. The molecule has 4 fully saturated rings. The van der Waals surface area contributed by atoms with Crippen LogP contribution < -0.4 is 0 Å². The molecule has 0 aromatic heterocycles. The molecular weight excluding hydrogens is 312 g/mol. The summed E-state index contributed by atoms with van der Waals surface area (Å²) in [5.74, 6) is -1.20. The van der Waals surface area contributed by atoms with E-state index in [9.17, 15) is 25.5 Å². The quantitative estimate of drug-likeness (QED) is 0.381. The first-order valence-electron chi connectivity index (χ1n) is 7.90. The average molecular weight is 334 g/mol. The summed E-state index contributed by atoms with van der Waals surface area (Å²) in [7, 11) is 0. The van der Waals surface area contributed by atoms with Gasteiger partial charge in [0.1, 0.15) is 30.0 Å². The average Bonchev–Trinajstić information content (AvgIpc) is 2.70. The molecule has 0 radical (unpaired) electrons. The molecule has 9 nitrogen and oxygen atoms in total. The fourth-order valence-corrected chi connectivity index (χ4v) is 4.06. The molecule has 0 spiro atoms. The number of ether oxygens (including phenoxy) is 4. The normalized spacial score (nSPS) is 58.6. The van der Waals surface area contributed by atoms with Crippen molar-refractivity contribution < 1.29 is 44.5 Å². The van der Waals surface area contributed by atoms with Crippen molar-refractivity contribution in [1.82, 2.24) is 0 Å². The second kappa shape index (κ2) is 5.32. The lowest BCUT2D eigenvalue weighted by Gasteiger charge is -2.48. The van der Waals surface area contributed by atoms with Crippen LogP contribution in [0.15, 0.2) is 0 Å². The predicted octanol–water partition coefficient (Wildman–Crippen LogP) is -2.44. The van der Waals surface area contributed by atoms with Crippen LogP contribution in [0, 0.1) is 0 Å². The lowest BCUT2D eigenvalue weighted by Crippen LogP contribution is -2.62. The van der Waals surface area contributed by atoms with Gasteiger partial charge >= 0.3 is 0 Å². The van der Waals surface area contributed by atoms with Crippen molar-refractivity contribution in [3.8, 4) is 0 Å². The van der Waals surface area contributed by atoms with Gasteiger partial charge in [0, 0.05) is 19.3 Å². The third kappa shape index (κ3) is 2.43. The summed E-state index contributed by atoms with van der Waals surface area (Å²) in [4.78, 5) is 0. The van der Waals surface area contributed by atoms with E-state index in [4.69, 9.17) is 18.9 Å². The Balaban J connectivity index is 1.53. The van der Waals surface area contributed by atoms with Crippen molar-refractivity contribution in [3.63, 3.8) is 0 Å². The summed E-state index contributed by atoms with van der Waals surface area (Å²) in [6.45, 7) is -0.511. The van der Waals surface area contributed by atoms with Crippen LogP contribution in [0.5, 0.6) is 0 Å². The number of hydrogen-bond acceptors (Lipinski definition) is 9. The first-order valence-corrected chi connectivity index (χ1v) is 7.90. The van der Waals surface area contributed by atoms with E-state index in [0.29, 0.717) is 19.3 Å². The summed E-state index contributed by atoms with van der Waals surface area (Å²) in [6, 6.07) is 0. The van der Waals surface area contributed by atoms with Gasteiger partial charge in [-0.25, -0.2) is 0 Å². The molecule has 1 aliphatic carbocycles. The molecule has 23 heavy (non-hydrogen) atoms. The van der Waals surface area contributed by atoms with Crippen LogP contribution in [0.25, 0.3) is 0 Å². The molecule has 132 valence electrons. The van der Waals surface area contributed by atoms with Crippen molar-refractivity contribution in [1.29, 1.82) is 0 Å². The van der Waals surface area contributed by atoms with Crippen molar-refractivity contribution in [2.24, 2.45) is 0 Å². The van der Waals surface area contributed by atoms with Gasteiger partial charge in [-0.2, -0.15) is 0 Å². The fraction of sp³-hybridized carbons (Fsp3) is 1.00. The summed E-state index contributed by atoms with van der Waals surface area (Å²) in [5, 5.41) is 49.4. The minimum atomic E-state index is -1.49. The number of rotatable bonds is 3. The number of aliphatic hydroxyl groups excluding tert-OH is 4. The molecule has 1 saturated carbocycles. The standard InChI is InChI=1S/C14H22O9/c15-5-6-9(16)10(17)11(18)12(20-6)23-13-1-2-14(19)3-7(13)21-8(4-13)22-14/h6-12,15-19H,1-5H2/t6-,7?,8-,9-,10+,11-,12+,13-,14+/m1/s1. The molecule has 3 bridgehead atoms. The third-order valence-corrected chi connectivity index (χ3v) is 5.41. The number of fused-ring (bicyclic) bond motifs is 2. The fourth-order valence-electron chi connectivity index (χ4n) is 4.06. The van der Waals surface area contributed by atoms with Gasteiger partial charge in [-0.05, 0) is 6.42 Å². The molecule has 4 aliphatic rings. The van der Waals surface area contributed by atoms with Crippen LogP contribution in [-0.4, -0.2) is 86.6 Å². The largest absolute Gasteiger partial charge is 0.394 e. The Bertz CT molecular complexity index is 473. The maximum atomic E-state index is 10.3. The van der Waals surface area contributed by atoms with Gasteiger partial charge in [-0.1, -0.05) is 0 Å². The van der Waals surface area contributed by atoms with E-state index in [-0.39, 0.29) is 6.42 Å². The Labute approximate surface area is 132 Å². The molecule has 0 aromatic rings. The Kier molecular flexibility index (Phi) is 3.73. The molecule has 1 unspecified atom stereocenters. The molecule has 5 N–H and O–H groups in total. The minimum absolute atomic E-state index is 0.265. The monoisotopic (exact) mass is 334 g/mol.